The molecule has 1 aromatic heterocycles. The highest BCUT2D eigenvalue weighted by Gasteiger charge is 2.48. The van der Waals surface area contributed by atoms with Crippen LogP contribution in [0.4, 0.5) is 5.69 Å². The van der Waals surface area contributed by atoms with Crippen LogP contribution in [0.1, 0.15) is 59.8 Å². The molecule has 0 radical (unpaired) electrons. The minimum absolute atomic E-state index is 0.138. The maximum Gasteiger partial charge on any atom is 0.254 e. The quantitative estimate of drug-likeness (QED) is 0.459. The number of thioether (sulfide) groups is 1. The van der Waals surface area contributed by atoms with Gasteiger partial charge in [0.15, 0.2) is 11.5 Å². The van der Waals surface area contributed by atoms with Crippen LogP contribution in [0.2, 0.25) is 0 Å². The minimum Gasteiger partial charge on any atom is -0.448 e. The summed E-state index contributed by atoms with van der Waals surface area (Å²) in [6, 6.07) is 4.38. The van der Waals surface area contributed by atoms with Gasteiger partial charge in [0.05, 0.1) is 11.8 Å². The first-order valence-electron chi connectivity index (χ1n) is 14.1. The molecule has 5 rings (SSSR count). The molecule has 218 valence electrons. The molecule has 0 bridgehead atoms. The molecule has 10 heteroatoms. The van der Waals surface area contributed by atoms with E-state index in [2.05, 4.69) is 15.2 Å². The molecule has 3 aliphatic rings. The number of carbonyl (C=O) groups excluding carboxylic acids is 1. The Balaban J connectivity index is 1.33. The van der Waals surface area contributed by atoms with Crippen molar-refractivity contribution in [2.75, 3.05) is 45.5 Å². The first kappa shape index (κ1) is 28.8. The van der Waals surface area contributed by atoms with Crippen LogP contribution in [-0.2, 0) is 11.3 Å². The number of nitrogens with zero attached hydrogens (tertiary/aromatic N) is 2. The molecule has 9 nitrogen and oxygen atoms in total. The number of methoxy groups -OCH3 is 1. The summed E-state index contributed by atoms with van der Waals surface area (Å²) in [4.78, 5) is 34.2. The highest BCUT2D eigenvalue weighted by molar-refractivity contribution is 7.98. The van der Waals surface area contributed by atoms with Crippen molar-refractivity contribution in [3.05, 3.63) is 44.9 Å². The molecular formula is C30H42N4O5S. The van der Waals surface area contributed by atoms with Crippen molar-refractivity contribution in [1.82, 2.24) is 15.2 Å². The fourth-order valence-electron chi connectivity index (χ4n) is 6.28. The number of carbonyl (C=O) groups is 1. The van der Waals surface area contributed by atoms with Crippen molar-refractivity contribution in [1.29, 1.82) is 0 Å². The van der Waals surface area contributed by atoms with Gasteiger partial charge in [0.25, 0.3) is 17.3 Å². The van der Waals surface area contributed by atoms with Crippen LogP contribution in [0.5, 0.6) is 11.5 Å². The monoisotopic (exact) mass is 570 g/mol. The van der Waals surface area contributed by atoms with E-state index in [1.807, 2.05) is 58.2 Å². The summed E-state index contributed by atoms with van der Waals surface area (Å²) in [6.07, 6.45) is 6.57. The third kappa shape index (κ3) is 5.33. The number of hydrogen-bond acceptors (Lipinski definition) is 8. The summed E-state index contributed by atoms with van der Waals surface area (Å²) in [7, 11) is 5.67. The topological polar surface area (TPSA) is 96.1 Å². The van der Waals surface area contributed by atoms with Crippen molar-refractivity contribution in [3.8, 4) is 11.5 Å². The Morgan fingerprint density at radius 3 is 2.48 bits per heavy atom. The van der Waals surface area contributed by atoms with Crippen LogP contribution in [0.25, 0.3) is 0 Å². The minimum atomic E-state index is -0.787. The number of aromatic nitrogens is 1. The van der Waals surface area contributed by atoms with E-state index in [-0.39, 0.29) is 23.9 Å². The van der Waals surface area contributed by atoms with Gasteiger partial charge in [0.2, 0.25) is 0 Å². The van der Waals surface area contributed by atoms with E-state index in [0.717, 1.165) is 60.6 Å². The van der Waals surface area contributed by atoms with E-state index >= 15 is 0 Å². The van der Waals surface area contributed by atoms with E-state index in [1.54, 1.807) is 7.11 Å². The van der Waals surface area contributed by atoms with E-state index in [4.69, 9.17) is 14.2 Å². The van der Waals surface area contributed by atoms with Crippen molar-refractivity contribution in [2.24, 2.45) is 5.92 Å². The summed E-state index contributed by atoms with van der Waals surface area (Å²) in [5, 5.41) is 2.97. The summed E-state index contributed by atoms with van der Waals surface area (Å²) in [6.45, 7) is 7.98. The van der Waals surface area contributed by atoms with Gasteiger partial charge in [-0.25, -0.2) is 0 Å². The smallest absolute Gasteiger partial charge is 0.254 e. The van der Waals surface area contributed by atoms with Crippen molar-refractivity contribution in [3.63, 3.8) is 0 Å². The fraction of sp³-hybridized carbons (Fsp3) is 0.600. The lowest BCUT2D eigenvalue weighted by atomic mass is 9.80. The third-order valence-electron chi connectivity index (χ3n) is 8.84. The predicted molar refractivity (Wildman–Crippen MR) is 158 cm³/mol. The Hall–Kier alpha value is -2.69. The number of H-pyrrole nitrogens is 1. The fourth-order valence-corrected chi connectivity index (χ4v) is 6.99. The number of amides is 1. The lowest BCUT2D eigenvalue weighted by Crippen LogP contribution is -2.57. The predicted octanol–water partition coefficient (Wildman–Crippen LogP) is 4.09. The number of aryl methyl sites for hydroxylation is 1. The zero-order valence-electron chi connectivity index (χ0n) is 24.7. The SMILES string of the molecule is COC1CN(C2CCC(C3(C)Oc4c(N(C)C)cc(C(=O)NCc5c(SC)cc(C)[nH]c5=O)c(C)c4O3)CC2)C1. The van der Waals surface area contributed by atoms with Gasteiger partial charge in [-0.15, -0.1) is 11.8 Å². The highest BCUT2D eigenvalue weighted by Crippen LogP contribution is 2.53. The molecule has 1 unspecified atom stereocenters. The van der Waals surface area contributed by atoms with Gasteiger partial charge in [-0.3, -0.25) is 14.5 Å². The number of pyridine rings is 1. The average molecular weight is 571 g/mol. The Labute approximate surface area is 240 Å². The Morgan fingerprint density at radius 1 is 1.18 bits per heavy atom. The number of fused-ring (bicyclic) bond motifs is 1. The van der Waals surface area contributed by atoms with Gasteiger partial charge in [-0.05, 0) is 57.9 Å². The van der Waals surface area contributed by atoms with Gasteiger partial charge in [0, 0.05) is 87.0 Å². The number of hydrogen-bond donors (Lipinski definition) is 2. The molecule has 2 fully saturated rings. The van der Waals surface area contributed by atoms with Gasteiger partial charge in [-0.2, -0.15) is 0 Å². The number of aromatic amines is 1. The standard InChI is InChI=1S/C30H42N4O5S/c1-17-12-25(40-7)23(29(36)32-17)14-31-28(35)22-13-24(33(4)5)27-26(18(22)2)38-30(3,39-27)19-8-10-20(11-9-19)34-15-21(16-34)37-6/h12-13,19-21H,8-11,14-16H2,1-7H3,(H,31,35)(H,32,36). The van der Waals surface area contributed by atoms with Crippen LogP contribution in [0.15, 0.2) is 21.8 Å². The molecule has 1 saturated carbocycles. The van der Waals surface area contributed by atoms with Gasteiger partial charge < -0.3 is 29.4 Å². The molecule has 2 N–H and O–H groups in total. The number of nitrogens with one attached hydrogen (secondary N) is 2. The van der Waals surface area contributed by atoms with E-state index in [1.165, 1.54) is 11.8 Å². The van der Waals surface area contributed by atoms with Crippen LogP contribution in [0.3, 0.4) is 0 Å². The molecule has 1 amide bonds. The molecule has 40 heavy (non-hydrogen) atoms. The van der Waals surface area contributed by atoms with E-state index in [9.17, 15) is 9.59 Å². The molecule has 1 aromatic carbocycles. The van der Waals surface area contributed by atoms with Gasteiger partial charge in [-0.1, -0.05) is 0 Å². The third-order valence-corrected chi connectivity index (χ3v) is 9.64. The molecule has 3 heterocycles. The molecule has 2 aliphatic heterocycles. The van der Waals surface area contributed by atoms with Crippen LogP contribution < -0.4 is 25.2 Å². The van der Waals surface area contributed by atoms with Crippen LogP contribution >= 0.6 is 11.8 Å². The zero-order chi connectivity index (χ0) is 28.8. The largest absolute Gasteiger partial charge is 0.448 e. The first-order valence-corrected chi connectivity index (χ1v) is 15.3. The average Bonchev–Trinajstić information content (AvgIpc) is 3.26. The van der Waals surface area contributed by atoms with Gasteiger partial charge in [0.1, 0.15) is 0 Å². The normalized spacial score (nSPS) is 24.6. The highest BCUT2D eigenvalue weighted by atomic mass is 32.2. The molecule has 1 atom stereocenters. The summed E-state index contributed by atoms with van der Waals surface area (Å²) in [5.41, 5.74) is 3.22. The maximum atomic E-state index is 13.5. The number of anilines is 1. The number of ether oxygens (including phenoxy) is 3. The molecule has 2 aromatic rings. The molecular weight excluding hydrogens is 528 g/mol. The summed E-state index contributed by atoms with van der Waals surface area (Å²) in [5.74, 6) is 0.529. The zero-order valence-corrected chi connectivity index (χ0v) is 25.5. The number of benzene rings is 1. The van der Waals surface area contributed by atoms with E-state index < -0.39 is 5.79 Å². The Morgan fingerprint density at radius 2 is 1.85 bits per heavy atom. The molecule has 0 spiro atoms. The lowest BCUT2D eigenvalue weighted by Gasteiger charge is -2.47. The number of rotatable bonds is 8. The molecule has 1 aliphatic carbocycles. The van der Waals surface area contributed by atoms with Crippen molar-refractivity contribution in [2.45, 2.75) is 75.8 Å². The van der Waals surface area contributed by atoms with Crippen molar-refractivity contribution >= 4 is 23.4 Å². The van der Waals surface area contributed by atoms with Crippen molar-refractivity contribution < 1.29 is 19.0 Å². The Kier molecular flexibility index (Phi) is 8.14. The summed E-state index contributed by atoms with van der Waals surface area (Å²) < 4.78 is 18.7. The van der Waals surface area contributed by atoms with Crippen LogP contribution in [0, 0.1) is 19.8 Å². The second-order valence-electron chi connectivity index (χ2n) is 11.7. The lowest BCUT2D eigenvalue weighted by molar-refractivity contribution is -0.130. The van der Waals surface area contributed by atoms with Gasteiger partial charge >= 0.3 is 0 Å². The summed E-state index contributed by atoms with van der Waals surface area (Å²) >= 11 is 1.49. The second-order valence-corrected chi connectivity index (χ2v) is 12.5. The maximum absolute atomic E-state index is 13.5. The second kappa shape index (κ2) is 11.3. The van der Waals surface area contributed by atoms with Crippen LogP contribution in [-0.4, -0.2) is 74.3 Å². The number of likely N-dealkylation sites (tertiary alicyclic amines) is 1. The van der Waals surface area contributed by atoms with E-state index in [0.29, 0.717) is 34.8 Å². The molecule has 1 saturated heterocycles. The Bertz CT molecular complexity index is 1330. The first-order chi connectivity index (χ1) is 19.0.